The van der Waals surface area contributed by atoms with Gasteiger partial charge in [-0.15, -0.1) is 0 Å². The van der Waals surface area contributed by atoms with Crippen LogP contribution in [0.3, 0.4) is 0 Å². The molecule has 1 N–H and O–H groups in total. The molecule has 2 aromatic heterocycles. The van der Waals surface area contributed by atoms with Crippen LogP contribution in [0.2, 0.25) is 10.0 Å². The van der Waals surface area contributed by atoms with Crippen molar-refractivity contribution in [1.29, 1.82) is 0 Å². The molecule has 0 aliphatic heterocycles. The summed E-state index contributed by atoms with van der Waals surface area (Å²) in [6.07, 6.45) is 2.31. The second-order valence-electron chi connectivity index (χ2n) is 6.52. The van der Waals surface area contributed by atoms with Crippen molar-refractivity contribution >= 4 is 35.0 Å². The van der Waals surface area contributed by atoms with Crippen molar-refractivity contribution in [3.8, 4) is 5.88 Å². The largest absolute Gasteiger partial charge is 0.481 e. The van der Waals surface area contributed by atoms with Crippen molar-refractivity contribution in [2.24, 2.45) is 0 Å². The van der Waals surface area contributed by atoms with E-state index in [9.17, 15) is 5.11 Å². The molecule has 0 spiro atoms. The lowest BCUT2D eigenvalue weighted by molar-refractivity contribution is 0.273. The molecule has 0 amide bonds. The summed E-state index contributed by atoms with van der Waals surface area (Å²) in [6.45, 7) is 3.98. The van der Waals surface area contributed by atoms with Crippen molar-refractivity contribution < 1.29 is 9.84 Å². The van der Waals surface area contributed by atoms with Crippen LogP contribution in [0.4, 0.5) is 0 Å². The van der Waals surface area contributed by atoms with Gasteiger partial charge in [0.1, 0.15) is 5.03 Å². The van der Waals surface area contributed by atoms with Crippen molar-refractivity contribution in [1.82, 2.24) is 14.8 Å². The van der Waals surface area contributed by atoms with Crippen molar-refractivity contribution in [2.45, 2.75) is 42.8 Å². The van der Waals surface area contributed by atoms with E-state index in [1.807, 2.05) is 28.9 Å². The van der Waals surface area contributed by atoms with E-state index in [1.54, 1.807) is 19.4 Å². The highest BCUT2D eigenvalue weighted by molar-refractivity contribution is 7.99. The molecule has 0 atom stereocenters. The van der Waals surface area contributed by atoms with Crippen LogP contribution in [0.15, 0.2) is 46.5 Å². The molecule has 3 aromatic rings. The molecule has 0 fully saturated rings. The number of pyridine rings is 1. The van der Waals surface area contributed by atoms with Gasteiger partial charge in [0.15, 0.2) is 0 Å². The lowest BCUT2D eigenvalue weighted by Gasteiger charge is -2.13. The van der Waals surface area contributed by atoms with Gasteiger partial charge in [0, 0.05) is 45.2 Å². The van der Waals surface area contributed by atoms with E-state index in [4.69, 9.17) is 27.9 Å². The Kier molecular flexibility index (Phi) is 6.88. The van der Waals surface area contributed by atoms with Crippen molar-refractivity contribution in [2.75, 3.05) is 7.11 Å². The van der Waals surface area contributed by atoms with E-state index in [0.29, 0.717) is 28.0 Å². The maximum Gasteiger partial charge on any atom is 0.213 e. The van der Waals surface area contributed by atoms with E-state index < -0.39 is 0 Å². The Hall–Kier alpha value is -1.73. The molecular weight excluding hydrogens is 417 g/mol. The average molecular weight is 438 g/mol. The highest BCUT2D eigenvalue weighted by atomic mass is 35.5. The summed E-state index contributed by atoms with van der Waals surface area (Å²) in [7, 11) is 1.59. The number of aliphatic hydroxyl groups is 1. The molecule has 0 aliphatic rings. The third kappa shape index (κ3) is 4.81. The fourth-order valence-corrected chi connectivity index (χ4v) is 4.74. The Labute approximate surface area is 178 Å². The number of ether oxygens (including phenoxy) is 1. The molecule has 28 heavy (non-hydrogen) atoms. The molecule has 0 unspecified atom stereocenters. The number of halogens is 2. The molecule has 8 heteroatoms. The molecule has 5 nitrogen and oxygen atoms in total. The van der Waals surface area contributed by atoms with E-state index in [-0.39, 0.29) is 12.6 Å². The summed E-state index contributed by atoms with van der Waals surface area (Å²) in [5, 5.41) is 16.7. The smallest absolute Gasteiger partial charge is 0.213 e. The van der Waals surface area contributed by atoms with Crippen LogP contribution in [0, 0.1) is 0 Å². The molecule has 0 radical (unpaired) electrons. The van der Waals surface area contributed by atoms with Gasteiger partial charge in [-0.2, -0.15) is 5.10 Å². The number of hydrogen-bond donors (Lipinski definition) is 1. The minimum atomic E-state index is -0.138. The first-order valence-electron chi connectivity index (χ1n) is 8.75. The van der Waals surface area contributed by atoms with Gasteiger partial charge in [0.05, 0.1) is 19.4 Å². The number of benzene rings is 1. The zero-order chi connectivity index (χ0) is 20.3. The Balaban J connectivity index is 2.06. The number of aromatic nitrogens is 3. The van der Waals surface area contributed by atoms with Crippen molar-refractivity contribution in [3.63, 3.8) is 0 Å². The zero-order valence-electron chi connectivity index (χ0n) is 15.8. The predicted molar refractivity (Wildman–Crippen MR) is 113 cm³/mol. The van der Waals surface area contributed by atoms with Gasteiger partial charge in [-0.25, -0.2) is 4.98 Å². The summed E-state index contributed by atoms with van der Waals surface area (Å²) in [4.78, 5) is 5.07. The molecule has 0 saturated carbocycles. The van der Waals surface area contributed by atoms with E-state index in [0.717, 1.165) is 21.0 Å². The molecule has 148 valence electrons. The number of nitrogens with zero attached hydrogens (tertiary/aromatic N) is 3. The summed E-state index contributed by atoms with van der Waals surface area (Å²) in [5.74, 6) is 0.551. The van der Waals surface area contributed by atoms with E-state index >= 15 is 0 Å². The minimum absolute atomic E-state index is 0.128. The molecule has 0 aliphatic carbocycles. The third-order valence-corrected chi connectivity index (χ3v) is 5.66. The number of rotatable bonds is 7. The second-order valence-corrected chi connectivity index (χ2v) is 8.45. The minimum Gasteiger partial charge on any atom is -0.481 e. The first-order chi connectivity index (χ1) is 13.4. The Morgan fingerprint density at radius 3 is 2.50 bits per heavy atom. The standard InChI is InChI=1S/C20H21Cl2N3O2S/c1-12(2)25-20(28-16-9-14(21)8-15(22)10-16)17(18(11-26)24-25)6-13-4-5-23-19(7-13)27-3/h4-5,7-10,12,26H,6,11H2,1-3H3. The van der Waals surface area contributed by atoms with Gasteiger partial charge in [0.25, 0.3) is 0 Å². The highest BCUT2D eigenvalue weighted by Crippen LogP contribution is 2.37. The molecule has 0 bridgehead atoms. The second kappa shape index (κ2) is 9.18. The fourth-order valence-electron chi connectivity index (χ4n) is 2.84. The van der Waals surface area contributed by atoms with Gasteiger partial charge >= 0.3 is 0 Å². The fraction of sp³-hybridized carbons (Fsp3) is 0.300. The summed E-state index contributed by atoms with van der Waals surface area (Å²) < 4.78 is 7.16. The Morgan fingerprint density at radius 2 is 1.89 bits per heavy atom. The number of aliphatic hydroxyl groups excluding tert-OH is 1. The lowest BCUT2D eigenvalue weighted by Crippen LogP contribution is -2.05. The Morgan fingerprint density at radius 1 is 1.18 bits per heavy atom. The van der Waals surface area contributed by atoms with E-state index in [1.165, 1.54) is 11.8 Å². The predicted octanol–water partition coefficient (Wildman–Crippen LogP) is 5.41. The molecule has 1 aromatic carbocycles. The van der Waals surface area contributed by atoms with Crippen LogP contribution in [0.25, 0.3) is 0 Å². The molecule has 0 saturated heterocycles. The van der Waals surface area contributed by atoms with Crippen LogP contribution >= 0.6 is 35.0 Å². The summed E-state index contributed by atoms with van der Waals surface area (Å²) in [6, 6.07) is 9.39. The lowest BCUT2D eigenvalue weighted by atomic mass is 10.1. The van der Waals surface area contributed by atoms with Crippen LogP contribution < -0.4 is 4.74 Å². The Bertz CT molecular complexity index is 956. The average Bonchev–Trinajstić information content (AvgIpc) is 2.98. The van der Waals surface area contributed by atoms with Crippen LogP contribution in [-0.2, 0) is 13.0 Å². The topological polar surface area (TPSA) is 60.2 Å². The molecule has 3 rings (SSSR count). The van der Waals surface area contributed by atoms with Crippen LogP contribution in [0.1, 0.15) is 36.7 Å². The van der Waals surface area contributed by atoms with Gasteiger partial charge in [-0.3, -0.25) is 4.68 Å². The summed E-state index contributed by atoms with van der Waals surface area (Å²) >= 11 is 13.9. The van der Waals surface area contributed by atoms with Gasteiger partial charge in [-0.05, 0) is 43.7 Å². The van der Waals surface area contributed by atoms with Gasteiger partial charge in [0.2, 0.25) is 5.88 Å². The highest BCUT2D eigenvalue weighted by Gasteiger charge is 2.21. The van der Waals surface area contributed by atoms with Crippen LogP contribution in [0.5, 0.6) is 5.88 Å². The quantitative estimate of drug-likeness (QED) is 0.535. The zero-order valence-corrected chi connectivity index (χ0v) is 18.1. The normalized spacial score (nSPS) is 11.2. The number of hydrogen-bond acceptors (Lipinski definition) is 5. The monoisotopic (exact) mass is 437 g/mol. The SMILES string of the molecule is COc1cc(Cc2c(CO)nn(C(C)C)c2Sc2cc(Cl)cc(Cl)c2)ccn1. The number of methoxy groups -OCH3 is 1. The van der Waals surface area contributed by atoms with Gasteiger partial charge < -0.3 is 9.84 Å². The maximum absolute atomic E-state index is 9.91. The van der Waals surface area contributed by atoms with Crippen LogP contribution in [-0.4, -0.2) is 27.0 Å². The molecular formula is C20H21Cl2N3O2S. The van der Waals surface area contributed by atoms with Crippen molar-refractivity contribution in [3.05, 3.63) is 63.4 Å². The third-order valence-electron chi connectivity index (χ3n) is 4.12. The summed E-state index contributed by atoms with van der Waals surface area (Å²) in [5.41, 5.74) is 2.64. The first-order valence-corrected chi connectivity index (χ1v) is 10.3. The first kappa shape index (κ1) is 21.0. The van der Waals surface area contributed by atoms with E-state index in [2.05, 4.69) is 23.9 Å². The maximum atomic E-state index is 9.91. The van der Waals surface area contributed by atoms with Gasteiger partial charge in [-0.1, -0.05) is 35.0 Å². The molecule has 2 heterocycles.